The van der Waals surface area contributed by atoms with Gasteiger partial charge in [-0.3, -0.25) is 4.90 Å². The molecule has 1 aromatic heterocycles. The third-order valence-corrected chi connectivity index (χ3v) is 6.97. The first-order chi connectivity index (χ1) is 14.2. The largest absolute Gasteiger partial charge is 0.370 e. The summed E-state index contributed by atoms with van der Waals surface area (Å²) in [5, 5.41) is 3.13. The van der Waals surface area contributed by atoms with Crippen LogP contribution in [0.15, 0.2) is 40.8 Å². The Morgan fingerprint density at radius 1 is 1.13 bits per heavy atom. The normalized spacial score (nSPS) is 20.8. The fourth-order valence-electron chi connectivity index (χ4n) is 4.24. The lowest BCUT2D eigenvalue weighted by Crippen LogP contribution is -2.51. The second kappa shape index (κ2) is 11.3. The van der Waals surface area contributed by atoms with Gasteiger partial charge in [0.15, 0.2) is 11.1 Å². The van der Waals surface area contributed by atoms with E-state index in [4.69, 9.17) is 10.7 Å². The maximum Gasteiger partial charge on any atom is 0.191 e. The Morgan fingerprint density at radius 3 is 2.60 bits per heavy atom. The molecule has 0 amide bonds. The van der Waals surface area contributed by atoms with Crippen LogP contribution in [0, 0.1) is 0 Å². The van der Waals surface area contributed by atoms with E-state index in [0.29, 0.717) is 18.5 Å². The number of likely N-dealkylation sites (tertiary alicyclic amines) is 1. The van der Waals surface area contributed by atoms with Gasteiger partial charge < -0.3 is 15.5 Å². The maximum absolute atomic E-state index is 6.35. The van der Waals surface area contributed by atoms with Crippen molar-refractivity contribution in [3.05, 3.63) is 47.0 Å². The van der Waals surface area contributed by atoms with Crippen LogP contribution in [-0.4, -0.2) is 59.5 Å². The quantitative estimate of drug-likeness (QED) is 0.356. The van der Waals surface area contributed by atoms with Gasteiger partial charge in [-0.2, -0.15) is 0 Å². The van der Waals surface area contributed by atoms with Crippen LogP contribution in [0.3, 0.4) is 0 Å². The van der Waals surface area contributed by atoms with Gasteiger partial charge in [0.05, 0.1) is 6.54 Å². The number of aromatic nitrogens is 1. The van der Waals surface area contributed by atoms with E-state index >= 15 is 0 Å². The maximum atomic E-state index is 6.35. The van der Waals surface area contributed by atoms with Crippen molar-refractivity contribution in [1.29, 1.82) is 0 Å². The SMILES string of the molecule is CC1CCCCN1Cc1ccccc1CN=C(N)N1CCN(c2nccs2)CC1.I. The van der Waals surface area contributed by atoms with Gasteiger partial charge in [-0.15, -0.1) is 35.3 Å². The van der Waals surface area contributed by atoms with Crippen molar-refractivity contribution in [3.63, 3.8) is 0 Å². The number of aliphatic imine (C=N–C) groups is 1. The van der Waals surface area contributed by atoms with Crippen molar-refractivity contribution in [2.75, 3.05) is 37.6 Å². The monoisotopic (exact) mass is 540 g/mol. The molecule has 0 spiro atoms. The molecule has 2 aliphatic rings. The van der Waals surface area contributed by atoms with Gasteiger partial charge in [0.2, 0.25) is 0 Å². The Kier molecular flexibility index (Phi) is 8.76. The zero-order chi connectivity index (χ0) is 20.1. The minimum absolute atomic E-state index is 0. The predicted octanol–water partition coefficient (Wildman–Crippen LogP) is 3.77. The van der Waals surface area contributed by atoms with Gasteiger partial charge >= 0.3 is 0 Å². The molecule has 0 saturated carbocycles. The van der Waals surface area contributed by atoms with Crippen molar-refractivity contribution >= 4 is 46.4 Å². The van der Waals surface area contributed by atoms with E-state index in [1.54, 1.807) is 11.3 Å². The van der Waals surface area contributed by atoms with E-state index in [2.05, 4.69) is 50.9 Å². The average Bonchev–Trinajstić information content (AvgIpc) is 3.29. The summed E-state index contributed by atoms with van der Waals surface area (Å²) in [5.41, 5.74) is 9.02. The van der Waals surface area contributed by atoms with Gasteiger partial charge in [-0.05, 0) is 37.4 Å². The van der Waals surface area contributed by atoms with Crippen molar-refractivity contribution in [2.45, 2.75) is 45.3 Å². The minimum Gasteiger partial charge on any atom is -0.370 e. The summed E-state index contributed by atoms with van der Waals surface area (Å²) in [7, 11) is 0. The van der Waals surface area contributed by atoms with Gasteiger partial charge in [0.1, 0.15) is 0 Å². The zero-order valence-electron chi connectivity index (χ0n) is 17.7. The smallest absolute Gasteiger partial charge is 0.191 e. The van der Waals surface area contributed by atoms with E-state index in [9.17, 15) is 0 Å². The molecule has 2 N–H and O–H groups in total. The zero-order valence-corrected chi connectivity index (χ0v) is 20.9. The van der Waals surface area contributed by atoms with E-state index < -0.39 is 0 Å². The molecule has 3 heterocycles. The van der Waals surface area contributed by atoms with E-state index in [-0.39, 0.29) is 24.0 Å². The Balaban J connectivity index is 0.00000256. The third-order valence-electron chi connectivity index (χ3n) is 6.14. The summed E-state index contributed by atoms with van der Waals surface area (Å²) in [4.78, 5) is 16.3. The van der Waals surface area contributed by atoms with Crippen LogP contribution >= 0.6 is 35.3 Å². The first kappa shape index (κ1) is 23.3. The highest BCUT2D eigenvalue weighted by Gasteiger charge is 2.21. The lowest BCUT2D eigenvalue weighted by atomic mass is 10.0. The molecule has 2 saturated heterocycles. The number of hydrogen-bond acceptors (Lipinski definition) is 5. The number of thiazole rings is 1. The fourth-order valence-corrected chi connectivity index (χ4v) is 4.94. The Labute approximate surface area is 201 Å². The molecule has 2 aliphatic heterocycles. The summed E-state index contributed by atoms with van der Waals surface area (Å²) in [6.07, 6.45) is 5.84. The summed E-state index contributed by atoms with van der Waals surface area (Å²) in [6, 6.07) is 9.35. The number of rotatable bonds is 5. The first-order valence-corrected chi connectivity index (χ1v) is 11.6. The number of hydrogen-bond donors (Lipinski definition) is 1. The molecule has 1 unspecified atom stereocenters. The number of benzene rings is 1. The van der Waals surface area contributed by atoms with Gasteiger partial charge in [0, 0.05) is 50.3 Å². The molecule has 1 aromatic carbocycles. The summed E-state index contributed by atoms with van der Waals surface area (Å²) in [6.45, 7) is 8.87. The van der Waals surface area contributed by atoms with Crippen molar-refractivity contribution in [2.24, 2.45) is 10.7 Å². The van der Waals surface area contributed by atoms with Crippen LogP contribution in [-0.2, 0) is 13.1 Å². The topological polar surface area (TPSA) is 61.0 Å². The van der Waals surface area contributed by atoms with Gasteiger partial charge in [-0.25, -0.2) is 9.98 Å². The Morgan fingerprint density at radius 2 is 1.90 bits per heavy atom. The average molecular weight is 541 g/mol. The number of halogens is 1. The lowest BCUT2D eigenvalue weighted by molar-refractivity contribution is 0.152. The van der Waals surface area contributed by atoms with E-state index in [1.807, 2.05) is 11.6 Å². The fraction of sp³-hybridized carbons (Fsp3) is 0.545. The number of guanidine groups is 1. The molecular weight excluding hydrogens is 507 g/mol. The molecule has 164 valence electrons. The Bertz CT molecular complexity index is 804. The van der Waals surface area contributed by atoms with Crippen LogP contribution in [0.1, 0.15) is 37.3 Å². The highest BCUT2D eigenvalue weighted by molar-refractivity contribution is 14.0. The van der Waals surface area contributed by atoms with Crippen LogP contribution < -0.4 is 10.6 Å². The number of nitrogens with zero attached hydrogens (tertiary/aromatic N) is 5. The van der Waals surface area contributed by atoms with Gasteiger partial charge in [0.25, 0.3) is 0 Å². The molecule has 8 heteroatoms. The van der Waals surface area contributed by atoms with Crippen molar-refractivity contribution in [3.8, 4) is 0 Å². The van der Waals surface area contributed by atoms with Crippen LogP contribution in [0.2, 0.25) is 0 Å². The van der Waals surface area contributed by atoms with Crippen LogP contribution in [0.25, 0.3) is 0 Å². The standard InChI is InChI=1S/C22H32N6S.HI/c1-18-6-4-5-10-28(18)17-20-8-3-2-7-19(20)16-25-21(23)26-11-13-27(14-12-26)22-24-9-15-29-22;/h2-3,7-9,15,18H,4-6,10-14,16-17H2,1H3,(H2,23,25);1H. The second-order valence-electron chi connectivity index (χ2n) is 8.05. The molecule has 30 heavy (non-hydrogen) atoms. The number of anilines is 1. The molecule has 2 fully saturated rings. The summed E-state index contributed by atoms with van der Waals surface area (Å²) >= 11 is 1.69. The van der Waals surface area contributed by atoms with Crippen molar-refractivity contribution in [1.82, 2.24) is 14.8 Å². The summed E-state index contributed by atoms with van der Waals surface area (Å²) in [5.74, 6) is 0.657. The molecule has 6 nitrogen and oxygen atoms in total. The van der Waals surface area contributed by atoms with Crippen molar-refractivity contribution < 1.29 is 0 Å². The van der Waals surface area contributed by atoms with Crippen LogP contribution in [0.4, 0.5) is 5.13 Å². The Hall–Kier alpha value is -1.39. The van der Waals surface area contributed by atoms with E-state index in [0.717, 1.165) is 37.9 Å². The minimum atomic E-state index is 0. The highest BCUT2D eigenvalue weighted by atomic mass is 127. The third kappa shape index (κ3) is 5.85. The molecule has 0 bridgehead atoms. The molecule has 0 aliphatic carbocycles. The summed E-state index contributed by atoms with van der Waals surface area (Å²) < 4.78 is 0. The highest BCUT2D eigenvalue weighted by Crippen LogP contribution is 2.22. The molecule has 2 aromatic rings. The van der Waals surface area contributed by atoms with Gasteiger partial charge in [-0.1, -0.05) is 30.7 Å². The lowest BCUT2D eigenvalue weighted by Gasteiger charge is -2.35. The second-order valence-corrected chi connectivity index (χ2v) is 8.92. The first-order valence-electron chi connectivity index (χ1n) is 10.7. The number of piperidine rings is 1. The molecular formula is C22H33IN6S. The predicted molar refractivity (Wildman–Crippen MR) is 137 cm³/mol. The van der Waals surface area contributed by atoms with Crippen LogP contribution in [0.5, 0.6) is 0 Å². The molecule has 0 radical (unpaired) electrons. The number of nitrogens with two attached hydrogens (primary N) is 1. The number of piperazine rings is 1. The molecule has 1 atom stereocenters. The van der Waals surface area contributed by atoms with E-state index in [1.165, 1.54) is 36.9 Å². The molecule has 4 rings (SSSR count).